The number of Topliss-reactive ketones (excluding diaryl/α,β-unsaturated/α-hetero) is 2. The van der Waals surface area contributed by atoms with Crippen molar-refractivity contribution in [2.75, 3.05) is 0 Å². The molecule has 0 saturated heterocycles. The van der Waals surface area contributed by atoms with Gasteiger partial charge in [0.25, 0.3) is 0 Å². The average molecular weight is 420 g/mol. The molecule has 2 N–H and O–H groups in total. The van der Waals surface area contributed by atoms with E-state index < -0.39 is 47.0 Å². The fourth-order valence-corrected chi connectivity index (χ4v) is 2.63. The molecule has 6 nitrogen and oxygen atoms in total. The van der Waals surface area contributed by atoms with Crippen molar-refractivity contribution < 1.29 is 38.2 Å². The molecule has 0 heterocycles. The van der Waals surface area contributed by atoms with Crippen LogP contribution in [0.1, 0.15) is 47.4 Å². The summed E-state index contributed by atoms with van der Waals surface area (Å²) in [5.74, 6) is -6.71. The monoisotopic (exact) mass is 420 g/mol. The normalized spacial score (nSPS) is 12.1. The quantitative estimate of drug-likeness (QED) is 0.488. The lowest BCUT2D eigenvalue weighted by Crippen LogP contribution is -2.23. The first-order chi connectivity index (χ1) is 14.1. The zero-order valence-corrected chi connectivity index (χ0v) is 16.5. The second kappa shape index (κ2) is 11.5. The molecular formula is C22H22F2O6. The molecule has 0 aromatic heterocycles. The van der Waals surface area contributed by atoms with Gasteiger partial charge in [-0.3, -0.25) is 19.2 Å². The van der Waals surface area contributed by atoms with Crippen LogP contribution in [0.4, 0.5) is 8.78 Å². The number of carbonyl (C=O) groups excluding carboxylic acids is 2. The van der Waals surface area contributed by atoms with Crippen LogP contribution in [0, 0.1) is 23.5 Å². The summed E-state index contributed by atoms with van der Waals surface area (Å²) in [5.41, 5.74) is 0.202. The van der Waals surface area contributed by atoms with Gasteiger partial charge in [0.2, 0.25) is 0 Å². The third kappa shape index (κ3) is 6.88. The molecule has 160 valence electrons. The van der Waals surface area contributed by atoms with E-state index in [1.807, 2.05) is 0 Å². The van der Waals surface area contributed by atoms with E-state index in [2.05, 4.69) is 0 Å². The summed E-state index contributed by atoms with van der Waals surface area (Å²) in [7, 11) is 0. The maximum atomic E-state index is 12.8. The van der Waals surface area contributed by atoms with Crippen LogP contribution < -0.4 is 0 Å². The van der Waals surface area contributed by atoms with Crippen molar-refractivity contribution in [3.05, 3.63) is 71.3 Å². The predicted octanol–water partition coefficient (Wildman–Crippen LogP) is 4.24. The number of ketones is 2. The Labute approximate surface area is 172 Å². The summed E-state index contributed by atoms with van der Waals surface area (Å²) in [4.78, 5) is 44.7. The second-order valence-corrected chi connectivity index (χ2v) is 6.35. The van der Waals surface area contributed by atoms with Gasteiger partial charge in [0.1, 0.15) is 23.5 Å². The standard InChI is InChI=1S/2C11H11FO3/c2*1-2-9(11(14)15)10(13)7-4-3-5-8(12)6-7/h2*3-6,9H,2H2,1H3,(H,14,15). The molecule has 8 heteroatoms. The highest BCUT2D eigenvalue weighted by molar-refractivity contribution is 6.08. The lowest BCUT2D eigenvalue weighted by atomic mass is 9.95. The number of hydrogen-bond donors (Lipinski definition) is 2. The molecule has 2 rings (SSSR count). The lowest BCUT2D eigenvalue weighted by molar-refractivity contribution is -0.141. The molecule has 0 amide bonds. The van der Waals surface area contributed by atoms with Crippen LogP contribution in [0.15, 0.2) is 48.5 Å². The van der Waals surface area contributed by atoms with Crippen LogP contribution >= 0.6 is 0 Å². The molecule has 2 aromatic rings. The molecule has 0 bridgehead atoms. The molecule has 0 aliphatic heterocycles. The number of halogens is 2. The molecule has 2 atom stereocenters. The van der Waals surface area contributed by atoms with Crippen molar-refractivity contribution in [2.24, 2.45) is 11.8 Å². The van der Waals surface area contributed by atoms with Crippen LogP contribution in [0.3, 0.4) is 0 Å². The van der Waals surface area contributed by atoms with Gasteiger partial charge in [-0.2, -0.15) is 0 Å². The van der Waals surface area contributed by atoms with Gasteiger partial charge in [-0.05, 0) is 37.1 Å². The first-order valence-electron chi connectivity index (χ1n) is 9.17. The summed E-state index contributed by atoms with van der Waals surface area (Å²) >= 11 is 0. The average Bonchev–Trinajstić information content (AvgIpc) is 2.69. The van der Waals surface area contributed by atoms with E-state index in [-0.39, 0.29) is 24.0 Å². The first kappa shape index (κ1) is 24.6. The molecule has 0 radical (unpaired) electrons. The Kier molecular flexibility index (Phi) is 9.48. The van der Waals surface area contributed by atoms with Gasteiger partial charge >= 0.3 is 11.9 Å². The minimum absolute atomic E-state index is 0.101. The molecule has 0 saturated carbocycles. The zero-order chi connectivity index (χ0) is 22.8. The molecule has 0 aliphatic rings. The smallest absolute Gasteiger partial charge is 0.314 e. The number of aliphatic carboxylic acids is 2. The first-order valence-corrected chi connectivity index (χ1v) is 9.17. The van der Waals surface area contributed by atoms with Crippen molar-refractivity contribution in [3.8, 4) is 0 Å². The van der Waals surface area contributed by atoms with Crippen molar-refractivity contribution in [2.45, 2.75) is 26.7 Å². The topological polar surface area (TPSA) is 109 Å². The Balaban J connectivity index is 0.000000300. The van der Waals surface area contributed by atoms with E-state index >= 15 is 0 Å². The van der Waals surface area contributed by atoms with E-state index in [0.717, 1.165) is 12.1 Å². The SMILES string of the molecule is CCC(C(=O)O)C(=O)c1cccc(F)c1.CCC(C(=O)O)C(=O)c1cccc(F)c1. The van der Waals surface area contributed by atoms with Crippen molar-refractivity contribution >= 4 is 23.5 Å². The summed E-state index contributed by atoms with van der Waals surface area (Å²) in [5, 5.41) is 17.5. The maximum absolute atomic E-state index is 12.8. The minimum Gasteiger partial charge on any atom is -0.481 e. The zero-order valence-electron chi connectivity index (χ0n) is 16.5. The summed E-state index contributed by atoms with van der Waals surface area (Å²) < 4.78 is 25.6. The molecule has 30 heavy (non-hydrogen) atoms. The molecule has 2 aromatic carbocycles. The highest BCUT2D eigenvalue weighted by Gasteiger charge is 2.26. The third-order valence-electron chi connectivity index (χ3n) is 4.26. The van der Waals surface area contributed by atoms with Gasteiger partial charge in [0, 0.05) is 11.1 Å². The van der Waals surface area contributed by atoms with Crippen LogP contribution in [0.5, 0.6) is 0 Å². The Morgan fingerprint density at radius 2 is 1.07 bits per heavy atom. The van der Waals surface area contributed by atoms with Gasteiger partial charge in [0.05, 0.1) is 0 Å². The van der Waals surface area contributed by atoms with Gasteiger partial charge in [-0.15, -0.1) is 0 Å². The van der Waals surface area contributed by atoms with Gasteiger partial charge < -0.3 is 10.2 Å². The van der Waals surface area contributed by atoms with Crippen LogP contribution in [-0.4, -0.2) is 33.7 Å². The Morgan fingerprint density at radius 1 is 0.733 bits per heavy atom. The minimum atomic E-state index is -1.17. The number of carbonyl (C=O) groups is 4. The largest absolute Gasteiger partial charge is 0.481 e. The van der Waals surface area contributed by atoms with E-state index in [1.54, 1.807) is 13.8 Å². The predicted molar refractivity (Wildman–Crippen MR) is 104 cm³/mol. The van der Waals surface area contributed by atoms with Crippen molar-refractivity contribution in [1.82, 2.24) is 0 Å². The number of carboxylic acids is 2. The number of benzene rings is 2. The Morgan fingerprint density at radius 3 is 1.30 bits per heavy atom. The Hall–Kier alpha value is -3.42. The van der Waals surface area contributed by atoms with E-state index in [1.165, 1.54) is 36.4 Å². The molecule has 0 fully saturated rings. The summed E-state index contributed by atoms with van der Waals surface area (Å²) in [6.45, 7) is 3.21. The number of hydrogen-bond acceptors (Lipinski definition) is 4. The summed E-state index contributed by atoms with van der Waals surface area (Å²) in [6, 6.07) is 10.1. The van der Waals surface area contributed by atoms with E-state index in [9.17, 15) is 28.0 Å². The summed E-state index contributed by atoms with van der Waals surface area (Å²) in [6.07, 6.45) is 0.398. The number of carboxylic acid groups (broad SMARTS) is 2. The lowest BCUT2D eigenvalue weighted by Gasteiger charge is -2.08. The highest BCUT2D eigenvalue weighted by Crippen LogP contribution is 2.15. The van der Waals surface area contributed by atoms with Crippen molar-refractivity contribution in [1.29, 1.82) is 0 Å². The van der Waals surface area contributed by atoms with Crippen molar-refractivity contribution in [3.63, 3.8) is 0 Å². The number of rotatable bonds is 8. The van der Waals surface area contributed by atoms with Gasteiger partial charge in [-0.1, -0.05) is 38.1 Å². The van der Waals surface area contributed by atoms with Crippen LogP contribution in [-0.2, 0) is 9.59 Å². The van der Waals surface area contributed by atoms with Crippen LogP contribution in [0.2, 0.25) is 0 Å². The van der Waals surface area contributed by atoms with Gasteiger partial charge in [0.15, 0.2) is 11.6 Å². The highest BCUT2D eigenvalue weighted by atomic mass is 19.1. The molecule has 0 spiro atoms. The molecule has 0 aliphatic carbocycles. The second-order valence-electron chi connectivity index (χ2n) is 6.35. The third-order valence-corrected chi connectivity index (χ3v) is 4.26. The molecular weight excluding hydrogens is 398 g/mol. The van der Waals surface area contributed by atoms with E-state index in [0.29, 0.717) is 0 Å². The fraction of sp³-hybridized carbons (Fsp3) is 0.273. The molecule has 2 unspecified atom stereocenters. The van der Waals surface area contributed by atoms with Crippen LogP contribution in [0.25, 0.3) is 0 Å². The maximum Gasteiger partial charge on any atom is 0.314 e. The van der Waals surface area contributed by atoms with E-state index in [4.69, 9.17) is 10.2 Å². The fourth-order valence-electron chi connectivity index (χ4n) is 2.63. The Bertz CT molecular complexity index is 850. The van der Waals surface area contributed by atoms with Gasteiger partial charge in [-0.25, -0.2) is 8.78 Å².